The van der Waals surface area contributed by atoms with Gasteiger partial charge in [0.1, 0.15) is 5.82 Å². The van der Waals surface area contributed by atoms with E-state index in [-0.39, 0.29) is 23.4 Å². The number of amides is 1. The number of nitrogens with one attached hydrogen (secondary N) is 1. The van der Waals surface area contributed by atoms with E-state index in [1.807, 2.05) is 12.1 Å². The summed E-state index contributed by atoms with van der Waals surface area (Å²) in [5.74, 6) is -0.177. The molecule has 0 saturated heterocycles. The lowest BCUT2D eigenvalue weighted by Gasteiger charge is -2.19. The fraction of sp³-hybridized carbons (Fsp3) is 0.333. The Labute approximate surface area is 163 Å². The van der Waals surface area contributed by atoms with Crippen LogP contribution in [0.25, 0.3) is 5.69 Å². The first-order valence-corrected chi connectivity index (χ1v) is 9.18. The molecule has 0 bridgehead atoms. The molecule has 0 unspecified atom stereocenters. The Morgan fingerprint density at radius 2 is 1.86 bits per heavy atom. The van der Waals surface area contributed by atoms with Gasteiger partial charge in [0.15, 0.2) is 5.82 Å². The molecular weight excluding hydrogens is 357 g/mol. The molecule has 0 aliphatic carbocycles. The van der Waals surface area contributed by atoms with Crippen molar-refractivity contribution in [1.82, 2.24) is 20.2 Å². The second-order valence-electron chi connectivity index (χ2n) is 7.80. The van der Waals surface area contributed by atoms with Crippen molar-refractivity contribution in [3.8, 4) is 5.69 Å². The summed E-state index contributed by atoms with van der Waals surface area (Å²) in [6, 6.07) is 12.6. The van der Waals surface area contributed by atoms with Crippen LogP contribution in [0.15, 0.2) is 42.5 Å². The Hall–Kier alpha value is -3.09. The zero-order valence-corrected chi connectivity index (χ0v) is 16.5. The summed E-state index contributed by atoms with van der Waals surface area (Å²) in [7, 11) is 0. The summed E-state index contributed by atoms with van der Waals surface area (Å²) in [6.45, 7) is 8.23. The molecule has 1 aromatic heterocycles. The van der Waals surface area contributed by atoms with E-state index < -0.39 is 5.82 Å². The summed E-state index contributed by atoms with van der Waals surface area (Å²) in [5, 5.41) is 13.9. The highest BCUT2D eigenvalue weighted by molar-refractivity contribution is 5.91. The standard InChI is InChI=1S/C21H24FN5O/c1-14-24-25-26-27(14)17-10-11-18(22)19(13-17)23-20(28)12-7-15-5-8-16(9-6-15)21(2,3)4/h5-6,8-11,13H,7,12H2,1-4H3,(H,23,28). The van der Waals surface area contributed by atoms with Crippen molar-refractivity contribution in [2.45, 2.75) is 46.0 Å². The topological polar surface area (TPSA) is 72.7 Å². The molecule has 0 radical (unpaired) electrons. The van der Waals surface area contributed by atoms with Crippen LogP contribution in [0.4, 0.5) is 10.1 Å². The van der Waals surface area contributed by atoms with Gasteiger partial charge in [0.25, 0.3) is 0 Å². The van der Waals surface area contributed by atoms with Crippen LogP contribution in [0.2, 0.25) is 0 Å². The monoisotopic (exact) mass is 381 g/mol. The molecule has 146 valence electrons. The average molecular weight is 381 g/mol. The number of rotatable bonds is 5. The van der Waals surface area contributed by atoms with E-state index in [0.29, 0.717) is 17.9 Å². The Morgan fingerprint density at radius 3 is 2.46 bits per heavy atom. The molecule has 0 fully saturated rings. The van der Waals surface area contributed by atoms with Crippen molar-refractivity contribution < 1.29 is 9.18 Å². The number of tetrazole rings is 1. The number of benzene rings is 2. The quantitative estimate of drug-likeness (QED) is 0.726. The Bertz CT molecular complexity index is 973. The number of hydrogen-bond donors (Lipinski definition) is 1. The predicted octanol–water partition coefficient (Wildman–Crippen LogP) is 3.98. The van der Waals surface area contributed by atoms with Crippen LogP contribution in [0.3, 0.4) is 0 Å². The smallest absolute Gasteiger partial charge is 0.224 e. The number of aromatic nitrogens is 4. The van der Waals surface area contributed by atoms with Gasteiger partial charge in [-0.2, -0.15) is 4.68 Å². The average Bonchev–Trinajstić information content (AvgIpc) is 3.07. The molecule has 1 heterocycles. The highest BCUT2D eigenvalue weighted by Gasteiger charge is 2.14. The lowest BCUT2D eigenvalue weighted by molar-refractivity contribution is -0.116. The normalized spacial score (nSPS) is 11.5. The largest absolute Gasteiger partial charge is 0.324 e. The SMILES string of the molecule is Cc1nnnn1-c1ccc(F)c(NC(=O)CCc2ccc(C(C)(C)C)cc2)c1. The van der Waals surface area contributed by atoms with Crippen LogP contribution >= 0.6 is 0 Å². The van der Waals surface area contributed by atoms with Gasteiger partial charge in [-0.3, -0.25) is 4.79 Å². The van der Waals surface area contributed by atoms with E-state index in [4.69, 9.17) is 0 Å². The van der Waals surface area contributed by atoms with Crippen molar-refractivity contribution >= 4 is 11.6 Å². The minimum atomic E-state index is -0.502. The maximum atomic E-state index is 14.1. The third kappa shape index (κ3) is 4.60. The first-order chi connectivity index (χ1) is 13.2. The molecule has 0 atom stereocenters. The molecule has 7 heteroatoms. The van der Waals surface area contributed by atoms with E-state index in [9.17, 15) is 9.18 Å². The second-order valence-corrected chi connectivity index (χ2v) is 7.80. The van der Waals surface area contributed by atoms with Gasteiger partial charge >= 0.3 is 0 Å². The minimum Gasteiger partial charge on any atom is -0.324 e. The van der Waals surface area contributed by atoms with Gasteiger partial charge < -0.3 is 5.32 Å². The molecule has 0 aliphatic rings. The zero-order valence-electron chi connectivity index (χ0n) is 16.5. The number of carbonyl (C=O) groups is 1. The van der Waals surface area contributed by atoms with E-state index in [1.165, 1.54) is 22.4 Å². The molecule has 0 spiro atoms. The van der Waals surface area contributed by atoms with Crippen molar-refractivity contribution in [2.24, 2.45) is 0 Å². The summed E-state index contributed by atoms with van der Waals surface area (Å²) in [4.78, 5) is 12.3. The Balaban J connectivity index is 1.64. The predicted molar refractivity (Wildman–Crippen MR) is 106 cm³/mol. The zero-order chi connectivity index (χ0) is 20.3. The first-order valence-electron chi connectivity index (χ1n) is 9.18. The summed E-state index contributed by atoms with van der Waals surface area (Å²) in [6.07, 6.45) is 0.853. The third-order valence-electron chi connectivity index (χ3n) is 4.55. The van der Waals surface area contributed by atoms with Gasteiger partial charge in [-0.15, -0.1) is 5.10 Å². The number of hydrogen-bond acceptors (Lipinski definition) is 4. The van der Waals surface area contributed by atoms with Crippen molar-refractivity contribution in [3.63, 3.8) is 0 Å². The lowest BCUT2D eigenvalue weighted by atomic mass is 9.86. The molecule has 28 heavy (non-hydrogen) atoms. The Morgan fingerprint density at radius 1 is 1.14 bits per heavy atom. The third-order valence-corrected chi connectivity index (χ3v) is 4.55. The van der Waals surface area contributed by atoms with Crippen molar-refractivity contribution in [1.29, 1.82) is 0 Å². The van der Waals surface area contributed by atoms with Crippen LogP contribution < -0.4 is 5.32 Å². The van der Waals surface area contributed by atoms with E-state index in [0.717, 1.165) is 5.56 Å². The van der Waals surface area contributed by atoms with Crippen LogP contribution in [-0.2, 0) is 16.6 Å². The van der Waals surface area contributed by atoms with Gasteiger partial charge in [-0.25, -0.2) is 4.39 Å². The number of carbonyl (C=O) groups excluding carboxylic acids is 1. The molecule has 3 rings (SSSR count). The van der Waals surface area contributed by atoms with E-state index >= 15 is 0 Å². The van der Waals surface area contributed by atoms with Crippen LogP contribution in [0.5, 0.6) is 0 Å². The first kappa shape index (κ1) is 19.7. The van der Waals surface area contributed by atoms with Gasteiger partial charge in [0.2, 0.25) is 5.91 Å². The molecule has 2 aromatic carbocycles. The highest BCUT2D eigenvalue weighted by Crippen LogP contribution is 2.23. The molecular formula is C21H24FN5O. The van der Waals surface area contributed by atoms with Gasteiger partial charge in [0.05, 0.1) is 11.4 Å². The molecule has 0 saturated carbocycles. The minimum absolute atomic E-state index is 0.0937. The summed E-state index contributed by atoms with van der Waals surface area (Å²) < 4.78 is 15.6. The van der Waals surface area contributed by atoms with Gasteiger partial charge in [0, 0.05) is 6.42 Å². The molecule has 6 nitrogen and oxygen atoms in total. The fourth-order valence-corrected chi connectivity index (χ4v) is 2.85. The lowest BCUT2D eigenvalue weighted by Crippen LogP contribution is -2.14. The van der Waals surface area contributed by atoms with Crippen LogP contribution in [0, 0.1) is 12.7 Å². The maximum absolute atomic E-state index is 14.1. The van der Waals surface area contributed by atoms with Gasteiger partial charge in [-0.05, 0) is 58.5 Å². The highest BCUT2D eigenvalue weighted by atomic mass is 19.1. The van der Waals surface area contributed by atoms with E-state index in [2.05, 4.69) is 53.7 Å². The number of anilines is 1. The molecule has 1 amide bonds. The number of halogens is 1. The second kappa shape index (κ2) is 7.88. The fourth-order valence-electron chi connectivity index (χ4n) is 2.85. The Kier molecular flexibility index (Phi) is 5.53. The molecule has 3 aromatic rings. The van der Waals surface area contributed by atoms with Crippen molar-refractivity contribution in [3.05, 3.63) is 65.2 Å². The molecule has 0 aliphatic heterocycles. The number of aryl methyl sites for hydroxylation is 2. The maximum Gasteiger partial charge on any atom is 0.224 e. The van der Waals surface area contributed by atoms with Gasteiger partial charge in [-0.1, -0.05) is 45.0 Å². The molecule has 1 N–H and O–H groups in total. The van der Waals surface area contributed by atoms with Crippen LogP contribution in [0.1, 0.15) is 44.1 Å². The summed E-state index contributed by atoms with van der Waals surface area (Å²) in [5.41, 5.74) is 3.10. The summed E-state index contributed by atoms with van der Waals surface area (Å²) >= 11 is 0. The van der Waals surface area contributed by atoms with E-state index in [1.54, 1.807) is 13.0 Å². The number of nitrogens with zero attached hydrogens (tertiary/aromatic N) is 4. The van der Waals surface area contributed by atoms with Crippen molar-refractivity contribution in [2.75, 3.05) is 5.32 Å². The van der Waals surface area contributed by atoms with Crippen LogP contribution in [-0.4, -0.2) is 26.1 Å².